The third-order valence-corrected chi connectivity index (χ3v) is 5.16. The van der Waals surface area contributed by atoms with E-state index in [-0.39, 0.29) is 0 Å². The van der Waals surface area contributed by atoms with Crippen LogP contribution in [-0.4, -0.2) is 37.2 Å². The zero-order valence-corrected chi connectivity index (χ0v) is 12.7. The number of thiophene rings is 1. The number of hydrogen-bond donors (Lipinski definition) is 3. The second-order valence-corrected chi connectivity index (χ2v) is 6.98. The number of aromatic nitrogens is 3. The summed E-state index contributed by atoms with van der Waals surface area (Å²) in [5.41, 5.74) is 0. The van der Waals surface area contributed by atoms with E-state index in [0.717, 1.165) is 10.7 Å². The van der Waals surface area contributed by atoms with Gasteiger partial charge in [-0.05, 0) is 19.5 Å². The van der Waals surface area contributed by atoms with Crippen molar-refractivity contribution in [2.45, 2.75) is 24.3 Å². The van der Waals surface area contributed by atoms with E-state index in [0.29, 0.717) is 30.8 Å². The van der Waals surface area contributed by atoms with Crippen molar-refractivity contribution in [3.05, 3.63) is 28.5 Å². The summed E-state index contributed by atoms with van der Waals surface area (Å²) in [6.45, 7) is 1.05. The van der Waals surface area contributed by atoms with Crippen molar-refractivity contribution in [2.75, 3.05) is 13.6 Å². The van der Waals surface area contributed by atoms with Gasteiger partial charge in [-0.25, -0.2) is 18.1 Å². The lowest BCUT2D eigenvalue weighted by Crippen LogP contribution is -2.24. The lowest BCUT2D eigenvalue weighted by atomic mass is 10.3. The molecule has 7 nitrogen and oxygen atoms in total. The molecule has 0 aliphatic rings. The molecule has 0 aliphatic heterocycles. The van der Waals surface area contributed by atoms with E-state index in [2.05, 4.69) is 25.2 Å². The van der Waals surface area contributed by atoms with E-state index in [9.17, 15) is 8.42 Å². The Hall–Kier alpha value is -1.29. The smallest absolute Gasteiger partial charge is 0.241 e. The number of nitrogens with one attached hydrogen (secondary N) is 3. The fraction of sp³-hybridized carbons (Fsp3) is 0.455. The molecule has 0 aromatic carbocycles. The van der Waals surface area contributed by atoms with E-state index >= 15 is 0 Å². The average Bonchev–Trinajstić information content (AvgIpc) is 3.06. The standard InChI is InChI=1S/C11H17N5O2S2/c1-12-6-9-5-10(7-19-9)20(17,18)15-4-2-3-11-13-8-14-16-11/h5,7-8,12,15H,2-4,6H2,1H3,(H,13,14,16). The minimum absolute atomic E-state index is 0.326. The third kappa shape index (κ3) is 4.10. The van der Waals surface area contributed by atoms with Gasteiger partial charge >= 0.3 is 0 Å². The van der Waals surface area contributed by atoms with Gasteiger partial charge in [-0.15, -0.1) is 11.3 Å². The summed E-state index contributed by atoms with van der Waals surface area (Å²) in [4.78, 5) is 5.30. The zero-order valence-electron chi connectivity index (χ0n) is 11.1. The Morgan fingerprint density at radius 2 is 2.30 bits per heavy atom. The van der Waals surface area contributed by atoms with Crippen molar-refractivity contribution < 1.29 is 8.42 Å². The molecule has 0 aliphatic carbocycles. The number of sulfonamides is 1. The van der Waals surface area contributed by atoms with Crippen LogP contribution in [0.5, 0.6) is 0 Å². The molecule has 0 saturated carbocycles. The summed E-state index contributed by atoms with van der Waals surface area (Å²) in [6.07, 6.45) is 2.77. The van der Waals surface area contributed by atoms with Crippen molar-refractivity contribution in [2.24, 2.45) is 0 Å². The van der Waals surface area contributed by atoms with Gasteiger partial charge in [0.15, 0.2) is 0 Å². The molecular formula is C11H17N5O2S2. The van der Waals surface area contributed by atoms with Gasteiger partial charge < -0.3 is 5.32 Å². The van der Waals surface area contributed by atoms with Crippen LogP contribution in [0, 0.1) is 0 Å². The Labute approximate surface area is 121 Å². The van der Waals surface area contributed by atoms with Gasteiger partial charge in [0.05, 0.1) is 4.90 Å². The minimum atomic E-state index is -3.41. The molecule has 110 valence electrons. The monoisotopic (exact) mass is 315 g/mol. The molecule has 2 aromatic heterocycles. The Morgan fingerprint density at radius 3 is 3.00 bits per heavy atom. The molecular weight excluding hydrogens is 298 g/mol. The van der Waals surface area contributed by atoms with Crippen LogP contribution < -0.4 is 10.0 Å². The lowest BCUT2D eigenvalue weighted by molar-refractivity contribution is 0.578. The first kappa shape index (κ1) is 15.1. The highest BCUT2D eigenvalue weighted by atomic mass is 32.2. The predicted octanol–water partition coefficient (Wildman–Crippen LogP) is 0.497. The summed E-state index contributed by atoms with van der Waals surface area (Å²) in [5, 5.41) is 11.1. The maximum absolute atomic E-state index is 12.1. The molecule has 3 N–H and O–H groups in total. The molecule has 0 atom stereocenters. The van der Waals surface area contributed by atoms with Crippen molar-refractivity contribution in [3.63, 3.8) is 0 Å². The quantitative estimate of drug-likeness (QED) is 0.616. The van der Waals surface area contributed by atoms with Crippen LogP contribution in [0.15, 0.2) is 22.7 Å². The number of aryl methyl sites for hydroxylation is 1. The third-order valence-electron chi connectivity index (χ3n) is 2.64. The van der Waals surface area contributed by atoms with Gasteiger partial charge in [-0.3, -0.25) is 5.10 Å². The molecule has 0 amide bonds. The molecule has 0 bridgehead atoms. The van der Waals surface area contributed by atoms with Crippen LogP contribution in [0.3, 0.4) is 0 Å². The maximum atomic E-state index is 12.1. The number of aromatic amines is 1. The maximum Gasteiger partial charge on any atom is 0.241 e. The first-order chi connectivity index (χ1) is 9.62. The van der Waals surface area contributed by atoms with Crippen LogP contribution in [0.1, 0.15) is 17.1 Å². The van der Waals surface area contributed by atoms with Crippen LogP contribution >= 0.6 is 11.3 Å². The normalized spacial score (nSPS) is 11.8. The predicted molar refractivity (Wildman–Crippen MR) is 77.0 cm³/mol. The van der Waals surface area contributed by atoms with Crippen LogP contribution in [0.2, 0.25) is 0 Å². The topological polar surface area (TPSA) is 99.8 Å². The van der Waals surface area contributed by atoms with E-state index in [1.807, 2.05) is 7.05 Å². The molecule has 0 unspecified atom stereocenters. The molecule has 2 heterocycles. The number of H-pyrrole nitrogens is 1. The van der Waals surface area contributed by atoms with E-state index in [4.69, 9.17) is 0 Å². The van der Waals surface area contributed by atoms with Gasteiger partial charge in [-0.2, -0.15) is 5.10 Å². The fourth-order valence-electron chi connectivity index (χ4n) is 1.67. The Balaban J connectivity index is 1.83. The molecule has 20 heavy (non-hydrogen) atoms. The molecule has 0 fully saturated rings. The van der Waals surface area contributed by atoms with Gasteiger partial charge in [0.1, 0.15) is 12.2 Å². The highest BCUT2D eigenvalue weighted by molar-refractivity contribution is 7.89. The summed E-state index contributed by atoms with van der Waals surface area (Å²) >= 11 is 1.43. The zero-order chi connectivity index (χ0) is 14.4. The van der Waals surface area contributed by atoms with Gasteiger partial charge in [0, 0.05) is 29.8 Å². The van der Waals surface area contributed by atoms with Crippen molar-refractivity contribution in [1.82, 2.24) is 25.2 Å². The van der Waals surface area contributed by atoms with Gasteiger partial charge in [0.2, 0.25) is 10.0 Å². The number of nitrogens with zero attached hydrogens (tertiary/aromatic N) is 2. The summed E-state index contributed by atoms with van der Waals surface area (Å²) < 4.78 is 26.7. The highest BCUT2D eigenvalue weighted by Crippen LogP contribution is 2.18. The van der Waals surface area contributed by atoms with Crippen molar-refractivity contribution in [3.8, 4) is 0 Å². The molecule has 0 radical (unpaired) electrons. The minimum Gasteiger partial charge on any atom is -0.315 e. The summed E-state index contributed by atoms with van der Waals surface area (Å²) in [6, 6.07) is 1.69. The number of rotatable bonds is 8. The van der Waals surface area contributed by atoms with E-state index in [1.54, 1.807) is 11.4 Å². The van der Waals surface area contributed by atoms with Crippen LogP contribution in [-0.2, 0) is 23.0 Å². The van der Waals surface area contributed by atoms with Gasteiger partial charge in [0.25, 0.3) is 0 Å². The Kier molecular flexibility index (Phi) is 5.24. The largest absolute Gasteiger partial charge is 0.315 e. The molecule has 0 spiro atoms. The second kappa shape index (κ2) is 6.93. The average molecular weight is 315 g/mol. The van der Waals surface area contributed by atoms with Crippen LogP contribution in [0.4, 0.5) is 0 Å². The molecule has 9 heteroatoms. The lowest BCUT2D eigenvalue weighted by Gasteiger charge is -2.03. The first-order valence-electron chi connectivity index (χ1n) is 6.18. The van der Waals surface area contributed by atoms with E-state index in [1.165, 1.54) is 17.7 Å². The fourth-order valence-corrected chi connectivity index (χ4v) is 4.03. The van der Waals surface area contributed by atoms with Gasteiger partial charge in [-0.1, -0.05) is 0 Å². The highest BCUT2D eigenvalue weighted by Gasteiger charge is 2.15. The Bertz CT molecular complexity index is 621. The molecule has 2 aromatic rings. The summed E-state index contributed by atoms with van der Waals surface area (Å²) in [5.74, 6) is 0.760. The van der Waals surface area contributed by atoms with E-state index < -0.39 is 10.0 Å². The number of hydrogen-bond acceptors (Lipinski definition) is 6. The first-order valence-corrected chi connectivity index (χ1v) is 8.54. The second-order valence-electron chi connectivity index (χ2n) is 4.21. The molecule has 2 rings (SSSR count). The van der Waals surface area contributed by atoms with Crippen molar-refractivity contribution in [1.29, 1.82) is 0 Å². The Morgan fingerprint density at radius 1 is 1.45 bits per heavy atom. The van der Waals surface area contributed by atoms with Crippen molar-refractivity contribution >= 4 is 21.4 Å². The SMILES string of the molecule is CNCc1cc(S(=O)(=O)NCCCc2ncn[nH]2)cs1. The molecule has 0 saturated heterocycles. The van der Waals surface area contributed by atoms with Crippen LogP contribution in [0.25, 0.3) is 0 Å². The summed E-state index contributed by atoms with van der Waals surface area (Å²) in [7, 11) is -1.58.